The highest BCUT2D eigenvalue weighted by Gasteiger charge is 1.98. The fourth-order valence-corrected chi connectivity index (χ4v) is 1.14. The number of nitrogens with one attached hydrogen (secondary N) is 1. The van der Waals surface area contributed by atoms with E-state index in [1.807, 2.05) is 0 Å². The molecule has 1 amide bonds. The van der Waals surface area contributed by atoms with Gasteiger partial charge in [-0.05, 0) is 12.8 Å². The lowest BCUT2D eigenvalue weighted by Gasteiger charge is -2.03. The second kappa shape index (κ2) is 12.2. The van der Waals surface area contributed by atoms with Gasteiger partial charge in [0.15, 0.2) is 0 Å². The largest absolute Gasteiger partial charge is 0.371 e. The minimum atomic E-state index is -0.0968. The van der Waals surface area contributed by atoms with Crippen LogP contribution in [-0.2, 0) is 9.53 Å². The fourth-order valence-electron chi connectivity index (χ4n) is 1.14. The Hall–Kier alpha value is -0.870. The van der Waals surface area contributed by atoms with Crippen LogP contribution in [0.2, 0.25) is 0 Å². The van der Waals surface area contributed by atoms with Crippen molar-refractivity contribution in [2.45, 2.75) is 32.6 Å². The molecule has 4 nitrogen and oxygen atoms in total. The monoisotopic (exact) mass is 228 g/mol. The van der Waals surface area contributed by atoms with Crippen molar-refractivity contribution in [3.63, 3.8) is 0 Å². The molecule has 0 heterocycles. The number of nitrogens with two attached hydrogens (primary N) is 1. The molecule has 0 fully saturated rings. The molecule has 16 heavy (non-hydrogen) atoms. The molecular formula is C12H24N2O2. The zero-order valence-electron chi connectivity index (χ0n) is 10.2. The number of unbranched alkanes of at least 4 members (excludes halogenated alkanes) is 2. The number of allylic oxidation sites excluding steroid dienone is 1. The quantitative estimate of drug-likeness (QED) is 0.436. The van der Waals surface area contributed by atoms with Gasteiger partial charge < -0.3 is 15.8 Å². The van der Waals surface area contributed by atoms with Crippen molar-refractivity contribution in [3.8, 4) is 0 Å². The van der Waals surface area contributed by atoms with E-state index >= 15 is 0 Å². The van der Waals surface area contributed by atoms with E-state index in [9.17, 15) is 4.79 Å². The van der Waals surface area contributed by atoms with Gasteiger partial charge >= 0.3 is 0 Å². The zero-order chi connectivity index (χ0) is 12.1. The van der Waals surface area contributed by atoms with E-state index in [0.29, 0.717) is 19.7 Å². The van der Waals surface area contributed by atoms with Gasteiger partial charge in [-0.15, -0.1) is 0 Å². The normalized spacial score (nSPS) is 10.9. The highest BCUT2D eigenvalue weighted by molar-refractivity contribution is 5.77. The molecule has 94 valence electrons. The Morgan fingerprint density at radius 3 is 2.81 bits per heavy atom. The van der Waals surface area contributed by atoms with Crippen LogP contribution in [0.1, 0.15) is 32.6 Å². The van der Waals surface area contributed by atoms with Crippen molar-refractivity contribution in [2.75, 3.05) is 26.3 Å². The summed E-state index contributed by atoms with van der Waals surface area (Å²) >= 11 is 0. The second-order valence-electron chi connectivity index (χ2n) is 3.59. The van der Waals surface area contributed by atoms with Gasteiger partial charge in [-0.2, -0.15) is 0 Å². The van der Waals surface area contributed by atoms with E-state index in [2.05, 4.69) is 24.4 Å². The molecule has 0 rings (SSSR count). The van der Waals surface area contributed by atoms with Crippen LogP contribution < -0.4 is 11.1 Å². The van der Waals surface area contributed by atoms with Crippen LogP contribution in [0, 0.1) is 0 Å². The Balaban J connectivity index is 3.19. The number of carbonyl (C=O) groups is 1. The molecule has 0 spiro atoms. The molecule has 0 aliphatic carbocycles. The molecule has 3 N–H and O–H groups in total. The van der Waals surface area contributed by atoms with E-state index < -0.39 is 0 Å². The molecule has 0 radical (unpaired) electrons. The van der Waals surface area contributed by atoms with Gasteiger partial charge in [-0.1, -0.05) is 31.9 Å². The lowest BCUT2D eigenvalue weighted by Crippen LogP contribution is -2.32. The van der Waals surface area contributed by atoms with Crippen LogP contribution >= 0.6 is 0 Å². The number of rotatable bonds is 10. The molecule has 0 saturated carbocycles. The summed E-state index contributed by atoms with van der Waals surface area (Å²) in [5.74, 6) is -0.0968. The number of carbonyl (C=O) groups excluding carboxylic acids is 1. The van der Waals surface area contributed by atoms with Crippen LogP contribution in [0.5, 0.6) is 0 Å². The maximum absolute atomic E-state index is 11.1. The first-order chi connectivity index (χ1) is 7.81. The highest BCUT2D eigenvalue weighted by Crippen LogP contribution is 1.96. The first-order valence-corrected chi connectivity index (χ1v) is 6.00. The summed E-state index contributed by atoms with van der Waals surface area (Å²) in [6.07, 6.45) is 8.73. The molecule has 0 unspecified atom stereocenters. The third-order valence-electron chi connectivity index (χ3n) is 2.02. The number of hydrogen-bond acceptors (Lipinski definition) is 3. The number of ether oxygens (including phenoxy) is 1. The van der Waals surface area contributed by atoms with Crippen LogP contribution in [0.15, 0.2) is 12.2 Å². The molecule has 4 heteroatoms. The Labute approximate surface area is 98.2 Å². The molecule has 0 aromatic heterocycles. The number of amides is 1. The molecule has 0 bridgehead atoms. The van der Waals surface area contributed by atoms with Crippen molar-refractivity contribution >= 4 is 5.91 Å². The maximum atomic E-state index is 11.1. The maximum Gasteiger partial charge on any atom is 0.246 e. The Kier molecular flexibility index (Phi) is 11.5. The van der Waals surface area contributed by atoms with Crippen molar-refractivity contribution in [3.05, 3.63) is 12.2 Å². The standard InChI is InChI=1S/C12H24N2O2/c1-2-3-4-5-6-7-10-16-11-12(15)14-9-8-13/h5-6H,2-4,7-11,13H2,1H3,(H,14,15)/b6-5+. The number of hydrogen-bond donors (Lipinski definition) is 2. The van der Waals surface area contributed by atoms with Crippen molar-refractivity contribution in [1.29, 1.82) is 0 Å². The third kappa shape index (κ3) is 11.2. The predicted molar refractivity (Wildman–Crippen MR) is 66.2 cm³/mol. The van der Waals surface area contributed by atoms with Crippen LogP contribution in [0.25, 0.3) is 0 Å². The SMILES string of the molecule is CCCC/C=C/CCOCC(=O)NCCN. The molecule has 0 aliphatic rings. The average Bonchev–Trinajstić information content (AvgIpc) is 2.30. The van der Waals surface area contributed by atoms with Gasteiger partial charge in [-0.3, -0.25) is 4.79 Å². The summed E-state index contributed by atoms with van der Waals surface area (Å²) < 4.78 is 5.19. The van der Waals surface area contributed by atoms with E-state index in [1.165, 1.54) is 12.8 Å². The third-order valence-corrected chi connectivity index (χ3v) is 2.02. The fraction of sp³-hybridized carbons (Fsp3) is 0.750. The van der Waals surface area contributed by atoms with Crippen LogP contribution in [0.3, 0.4) is 0 Å². The highest BCUT2D eigenvalue weighted by atomic mass is 16.5. The van der Waals surface area contributed by atoms with Gasteiger partial charge in [0.2, 0.25) is 5.91 Å². The first kappa shape index (κ1) is 15.1. The topological polar surface area (TPSA) is 64.3 Å². The van der Waals surface area contributed by atoms with E-state index in [1.54, 1.807) is 0 Å². The Bertz CT molecular complexity index is 193. The van der Waals surface area contributed by atoms with Crippen LogP contribution in [-0.4, -0.2) is 32.2 Å². The summed E-state index contributed by atoms with van der Waals surface area (Å²) in [7, 11) is 0. The van der Waals surface area contributed by atoms with Crippen molar-refractivity contribution in [2.24, 2.45) is 5.73 Å². The van der Waals surface area contributed by atoms with Crippen LogP contribution in [0.4, 0.5) is 0 Å². The summed E-state index contributed by atoms with van der Waals surface area (Å²) in [4.78, 5) is 11.1. The Morgan fingerprint density at radius 2 is 2.12 bits per heavy atom. The molecular weight excluding hydrogens is 204 g/mol. The summed E-state index contributed by atoms with van der Waals surface area (Å²) in [6, 6.07) is 0. The lowest BCUT2D eigenvalue weighted by molar-refractivity contribution is -0.125. The zero-order valence-corrected chi connectivity index (χ0v) is 10.2. The molecule has 0 atom stereocenters. The summed E-state index contributed by atoms with van der Waals surface area (Å²) in [6.45, 7) is 3.88. The smallest absolute Gasteiger partial charge is 0.246 e. The van der Waals surface area contributed by atoms with Gasteiger partial charge in [0.25, 0.3) is 0 Å². The minimum absolute atomic E-state index is 0.0968. The predicted octanol–water partition coefficient (Wildman–Crippen LogP) is 1.21. The van der Waals surface area contributed by atoms with Crippen molar-refractivity contribution in [1.82, 2.24) is 5.32 Å². The Morgan fingerprint density at radius 1 is 1.38 bits per heavy atom. The van der Waals surface area contributed by atoms with Gasteiger partial charge in [0.05, 0.1) is 6.61 Å². The molecule has 0 aliphatic heterocycles. The lowest BCUT2D eigenvalue weighted by atomic mass is 10.2. The average molecular weight is 228 g/mol. The summed E-state index contributed by atoms with van der Waals surface area (Å²) in [5.41, 5.74) is 5.25. The van der Waals surface area contributed by atoms with E-state index in [-0.39, 0.29) is 12.5 Å². The van der Waals surface area contributed by atoms with Crippen molar-refractivity contribution < 1.29 is 9.53 Å². The molecule has 0 saturated heterocycles. The minimum Gasteiger partial charge on any atom is -0.371 e. The molecule has 0 aromatic rings. The van der Waals surface area contributed by atoms with Gasteiger partial charge in [-0.25, -0.2) is 0 Å². The van der Waals surface area contributed by atoms with Gasteiger partial charge in [0.1, 0.15) is 6.61 Å². The first-order valence-electron chi connectivity index (χ1n) is 6.00. The second-order valence-corrected chi connectivity index (χ2v) is 3.59. The molecule has 0 aromatic carbocycles. The van der Waals surface area contributed by atoms with E-state index in [4.69, 9.17) is 10.5 Å². The van der Waals surface area contributed by atoms with E-state index in [0.717, 1.165) is 12.8 Å². The van der Waals surface area contributed by atoms with Gasteiger partial charge in [0, 0.05) is 13.1 Å². The summed E-state index contributed by atoms with van der Waals surface area (Å²) in [5, 5.41) is 2.64.